The third-order valence-electron chi connectivity index (χ3n) is 5.06. The second kappa shape index (κ2) is 9.03. The van der Waals surface area contributed by atoms with Gasteiger partial charge in [0.15, 0.2) is 5.75 Å². The van der Waals surface area contributed by atoms with Crippen LogP contribution in [0.4, 0.5) is 0 Å². The molecule has 7 heteroatoms. The fourth-order valence-corrected chi connectivity index (χ4v) is 3.48. The number of carbonyl (C=O) groups is 1. The molecule has 0 amide bonds. The highest BCUT2D eigenvalue weighted by Crippen LogP contribution is 2.21. The molecule has 1 aliphatic heterocycles. The van der Waals surface area contributed by atoms with Crippen molar-refractivity contribution in [1.29, 1.82) is 0 Å². The van der Waals surface area contributed by atoms with Gasteiger partial charge in [-0.15, -0.1) is 0 Å². The number of hydrogen-bond acceptors (Lipinski definition) is 6. The molecule has 2 atom stereocenters. The second-order valence-electron chi connectivity index (χ2n) is 7.06. The summed E-state index contributed by atoms with van der Waals surface area (Å²) in [6.07, 6.45) is 4.10. The summed E-state index contributed by atoms with van der Waals surface area (Å²) in [5, 5.41) is 0. The lowest BCUT2D eigenvalue weighted by molar-refractivity contribution is 0.0523. The van der Waals surface area contributed by atoms with Gasteiger partial charge in [-0.2, -0.15) is 0 Å². The Labute approximate surface area is 164 Å². The van der Waals surface area contributed by atoms with E-state index >= 15 is 0 Å². The standard InChI is InChI=1S/C21H27N3O4/c1-4-27-21(26)18-12-24(11-10-17-14(2)22-23-15(17)3)13-19(20(18)25)28-16-8-6-5-7-9-16/h5-9,12-15,17,22-23H,4,10-11H2,1-3H3. The SMILES string of the molecule is CCOC(=O)c1cn(CCC2C(C)NNC2C)cc(Oc2ccccc2)c1=O. The van der Waals surface area contributed by atoms with Crippen molar-refractivity contribution in [3.8, 4) is 11.5 Å². The summed E-state index contributed by atoms with van der Waals surface area (Å²) in [6, 6.07) is 9.74. The number of carbonyl (C=O) groups excluding carboxylic acids is 1. The van der Waals surface area contributed by atoms with Crippen molar-refractivity contribution in [2.75, 3.05) is 6.61 Å². The van der Waals surface area contributed by atoms with Crippen LogP contribution in [0.3, 0.4) is 0 Å². The van der Waals surface area contributed by atoms with Crippen LogP contribution in [0.2, 0.25) is 0 Å². The molecule has 2 unspecified atom stereocenters. The Bertz CT molecular complexity index is 856. The molecule has 0 radical (unpaired) electrons. The Balaban J connectivity index is 1.88. The van der Waals surface area contributed by atoms with E-state index in [1.807, 2.05) is 22.8 Å². The van der Waals surface area contributed by atoms with Crippen LogP contribution < -0.4 is 21.0 Å². The first-order valence-corrected chi connectivity index (χ1v) is 9.64. The minimum absolute atomic E-state index is 0.0148. The Kier molecular flexibility index (Phi) is 6.49. The number of hydrogen-bond donors (Lipinski definition) is 2. The van der Waals surface area contributed by atoms with Crippen LogP contribution in [-0.4, -0.2) is 29.2 Å². The van der Waals surface area contributed by atoms with Crippen molar-refractivity contribution in [2.45, 2.75) is 45.8 Å². The zero-order valence-corrected chi connectivity index (χ0v) is 16.5. The van der Waals surface area contributed by atoms with Crippen LogP contribution >= 0.6 is 0 Å². The maximum Gasteiger partial charge on any atom is 0.343 e. The molecule has 2 aromatic rings. The molecule has 0 aliphatic carbocycles. The molecule has 150 valence electrons. The number of aromatic nitrogens is 1. The Hall–Kier alpha value is -2.64. The molecule has 3 rings (SSSR count). The minimum Gasteiger partial charge on any atom is -0.462 e. The maximum absolute atomic E-state index is 12.7. The van der Waals surface area contributed by atoms with E-state index in [-0.39, 0.29) is 17.9 Å². The first kappa shape index (κ1) is 20.1. The van der Waals surface area contributed by atoms with Crippen molar-refractivity contribution in [3.05, 3.63) is 58.5 Å². The minimum atomic E-state index is -0.634. The van der Waals surface area contributed by atoms with E-state index in [9.17, 15) is 9.59 Å². The van der Waals surface area contributed by atoms with Gasteiger partial charge in [-0.1, -0.05) is 18.2 Å². The molecule has 1 saturated heterocycles. The van der Waals surface area contributed by atoms with Gasteiger partial charge in [0.1, 0.15) is 11.3 Å². The summed E-state index contributed by atoms with van der Waals surface area (Å²) in [5.74, 6) is 0.453. The monoisotopic (exact) mass is 385 g/mol. The highest BCUT2D eigenvalue weighted by molar-refractivity contribution is 5.89. The van der Waals surface area contributed by atoms with E-state index in [0.29, 0.717) is 30.3 Å². The molecule has 1 fully saturated rings. The van der Waals surface area contributed by atoms with E-state index in [2.05, 4.69) is 24.7 Å². The Morgan fingerprint density at radius 3 is 2.43 bits per heavy atom. The molecule has 2 heterocycles. The maximum atomic E-state index is 12.7. The summed E-state index contributed by atoms with van der Waals surface area (Å²) >= 11 is 0. The molecule has 1 aromatic carbocycles. The predicted octanol–water partition coefficient (Wildman–Crippen LogP) is 2.71. The lowest BCUT2D eigenvalue weighted by Gasteiger charge is -2.19. The molecule has 28 heavy (non-hydrogen) atoms. The molecular weight excluding hydrogens is 358 g/mol. The van der Waals surface area contributed by atoms with Crippen LogP contribution in [0.5, 0.6) is 11.5 Å². The molecule has 0 spiro atoms. The molecule has 1 aliphatic rings. The van der Waals surface area contributed by atoms with Crippen molar-refractivity contribution >= 4 is 5.97 Å². The number of ether oxygens (including phenoxy) is 2. The van der Waals surface area contributed by atoms with E-state index in [1.54, 1.807) is 31.5 Å². The molecule has 0 bridgehead atoms. The van der Waals surface area contributed by atoms with Crippen LogP contribution in [0.25, 0.3) is 0 Å². The van der Waals surface area contributed by atoms with Gasteiger partial charge in [0.05, 0.1) is 12.8 Å². The fourth-order valence-electron chi connectivity index (χ4n) is 3.48. The predicted molar refractivity (Wildman–Crippen MR) is 106 cm³/mol. The van der Waals surface area contributed by atoms with Gasteiger partial charge in [-0.05, 0) is 45.2 Å². The summed E-state index contributed by atoms with van der Waals surface area (Å²) in [4.78, 5) is 25.0. The Morgan fingerprint density at radius 2 is 1.79 bits per heavy atom. The van der Waals surface area contributed by atoms with Crippen molar-refractivity contribution in [2.24, 2.45) is 5.92 Å². The van der Waals surface area contributed by atoms with Crippen LogP contribution in [-0.2, 0) is 11.3 Å². The van der Waals surface area contributed by atoms with Gasteiger partial charge in [0, 0.05) is 24.8 Å². The van der Waals surface area contributed by atoms with Gasteiger partial charge in [-0.25, -0.2) is 4.79 Å². The number of nitrogens with zero attached hydrogens (tertiary/aromatic N) is 1. The van der Waals surface area contributed by atoms with E-state index in [0.717, 1.165) is 6.42 Å². The van der Waals surface area contributed by atoms with E-state index < -0.39 is 11.4 Å². The molecule has 0 saturated carbocycles. The zero-order chi connectivity index (χ0) is 20.1. The molecule has 7 nitrogen and oxygen atoms in total. The quantitative estimate of drug-likeness (QED) is 0.714. The molecular formula is C21H27N3O4. The van der Waals surface area contributed by atoms with Crippen LogP contribution in [0.15, 0.2) is 47.5 Å². The first-order valence-electron chi connectivity index (χ1n) is 9.64. The lowest BCUT2D eigenvalue weighted by atomic mass is 9.93. The topological polar surface area (TPSA) is 81.6 Å². The number of para-hydroxylation sites is 1. The van der Waals surface area contributed by atoms with Crippen LogP contribution in [0.1, 0.15) is 37.6 Å². The van der Waals surface area contributed by atoms with Crippen molar-refractivity contribution in [3.63, 3.8) is 0 Å². The smallest absolute Gasteiger partial charge is 0.343 e. The van der Waals surface area contributed by atoms with Gasteiger partial charge in [-0.3, -0.25) is 15.6 Å². The van der Waals surface area contributed by atoms with E-state index in [4.69, 9.17) is 9.47 Å². The number of nitrogens with one attached hydrogen (secondary N) is 2. The van der Waals surface area contributed by atoms with Gasteiger partial charge in [0.2, 0.25) is 5.43 Å². The summed E-state index contributed by atoms with van der Waals surface area (Å²) < 4.78 is 12.7. The highest BCUT2D eigenvalue weighted by atomic mass is 16.5. The Morgan fingerprint density at radius 1 is 1.11 bits per heavy atom. The van der Waals surface area contributed by atoms with Gasteiger partial charge < -0.3 is 14.0 Å². The van der Waals surface area contributed by atoms with Gasteiger partial charge >= 0.3 is 5.97 Å². The van der Waals surface area contributed by atoms with Crippen molar-refractivity contribution < 1.29 is 14.3 Å². The number of rotatable bonds is 7. The third-order valence-corrected chi connectivity index (χ3v) is 5.06. The van der Waals surface area contributed by atoms with Gasteiger partial charge in [0.25, 0.3) is 0 Å². The number of benzene rings is 1. The highest BCUT2D eigenvalue weighted by Gasteiger charge is 2.29. The largest absolute Gasteiger partial charge is 0.462 e. The number of pyridine rings is 1. The van der Waals surface area contributed by atoms with E-state index in [1.165, 1.54) is 0 Å². The second-order valence-corrected chi connectivity index (χ2v) is 7.06. The first-order chi connectivity index (χ1) is 13.5. The fraction of sp³-hybridized carbons (Fsp3) is 0.429. The average Bonchev–Trinajstić information content (AvgIpc) is 3.01. The molecule has 1 aromatic heterocycles. The number of hydrazine groups is 1. The summed E-state index contributed by atoms with van der Waals surface area (Å²) in [5.41, 5.74) is 6.01. The average molecular weight is 385 g/mol. The normalized spacial score (nSPS) is 21.5. The number of aryl methyl sites for hydroxylation is 1. The lowest BCUT2D eigenvalue weighted by Crippen LogP contribution is -2.30. The van der Waals surface area contributed by atoms with Crippen LogP contribution in [0, 0.1) is 5.92 Å². The zero-order valence-electron chi connectivity index (χ0n) is 16.5. The van der Waals surface area contributed by atoms with Crippen molar-refractivity contribution in [1.82, 2.24) is 15.4 Å². The summed E-state index contributed by atoms with van der Waals surface area (Å²) in [7, 11) is 0. The third kappa shape index (κ3) is 4.61. The number of esters is 1. The molecule has 2 N–H and O–H groups in total. The summed E-state index contributed by atoms with van der Waals surface area (Å²) in [6.45, 7) is 6.85.